The lowest BCUT2D eigenvalue weighted by Crippen LogP contribution is -2.28. The van der Waals surface area contributed by atoms with Gasteiger partial charge in [-0.3, -0.25) is 4.79 Å². The van der Waals surface area contributed by atoms with E-state index in [4.69, 9.17) is 0 Å². The number of nitrogens with one attached hydrogen (secondary N) is 1. The first kappa shape index (κ1) is 17.9. The number of hydrogen-bond acceptors (Lipinski definition) is 3. The molecule has 6 nitrogen and oxygen atoms in total. The molecule has 3 rings (SSSR count). The zero-order valence-corrected chi connectivity index (χ0v) is 15.4. The quantitative estimate of drug-likeness (QED) is 0.892. The van der Waals surface area contributed by atoms with E-state index < -0.39 is 10.0 Å². The molecule has 1 saturated heterocycles. The van der Waals surface area contributed by atoms with Crippen LogP contribution in [0, 0.1) is 5.92 Å². The van der Waals surface area contributed by atoms with Crippen molar-refractivity contribution in [1.82, 2.24) is 4.90 Å². The number of sulfonamides is 1. The van der Waals surface area contributed by atoms with Crippen LogP contribution < -0.4 is 5.32 Å². The Morgan fingerprint density at radius 2 is 2.00 bits per heavy atom. The van der Waals surface area contributed by atoms with Crippen molar-refractivity contribution < 1.29 is 13.2 Å². The fraction of sp³-hybridized carbons (Fsp3) is 0.556. The van der Waals surface area contributed by atoms with Crippen molar-refractivity contribution >= 4 is 27.5 Å². The Kier molecular flexibility index (Phi) is 5.42. The van der Waals surface area contributed by atoms with Crippen LogP contribution in [0.1, 0.15) is 44.9 Å². The Balaban J connectivity index is 1.79. The third kappa shape index (κ3) is 4.39. The molecule has 0 bridgehead atoms. The molecule has 1 aromatic carbocycles. The lowest BCUT2D eigenvalue weighted by Gasteiger charge is -2.24. The molecule has 1 saturated carbocycles. The molecule has 1 aliphatic heterocycles. The molecular weight excluding hydrogens is 338 g/mol. The Bertz CT molecular complexity index is 770. The number of nitrogens with zero attached hydrogens (tertiary/aromatic N) is 2. The lowest BCUT2D eigenvalue weighted by atomic mass is 9.85. The van der Waals surface area contributed by atoms with E-state index >= 15 is 0 Å². The molecule has 1 N–H and O–H groups in total. The molecule has 1 amide bonds. The van der Waals surface area contributed by atoms with Crippen LogP contribution in [-0.2, 0) is 14.8 Å². The summed E-state index contributed by atoms with van der Waals surface area (Å²) in [5, 5.41) is 2.82. The van der Waals surface area contributed by atoms with E-state index in [0.29, 0.717) is 17.9 Å². The van der Waals surface area contributed by atoms with Crippen LogP contribution in [0.3, 0.4) is 0 Å². The largest absolute Gasteiger partial charge is 0.362 e. The van der Waals surface area contributed by atoms with Gasteiger partial charge in [0.1, 0.15) is 5.84 Å². The minimum atomic E-state index is -3.78. The van der Waals surface area contributed by atoms with E-state index in [2.05, 4.69) is 9.71 Å². The minimum absolute atomic E-state index is 0.0318. The first-order valence-corrected chi connectivity index (χ1v) is 10.4. The summed E-state index contributed by atoms with van der Waals surface area (Å²) in [6, 6.07) is 6.36. The van der Waals surface area contributed by atoms with Crippen molar-refractivity contribution in [1.29, 1.82) is 0 Å². The number of likely N-dealkylation sites (tertiary alicyclic amines) is 1. The predicted octanol–water partition coefficient (Wildman–Crippen LogP) is 3.02. The fourth-order valence-electron chi connectivity index (χ4n) is 3.08. The molecule has 0 radical (unpaired) electrons. The molecule has 0 unspecified atom stereocenters. The molecule has 136 valence electrons. The van der Waals surface area contributed by atoms with Gasteiger partial charge in [-0.05, 0) is 43.9 Å². The Morgan fingerprint density at radius 1 is 1.20 bits per heavy atom. The number of amides is 1. The van der Waals surface area contributed by atoms with Gasteiger partial charge in [-0.1, -0.05) is 18.9 Å². The first-order chi connectivity index (χ1) is 12.0. The smallest absolute Gasteiger partial charge is 0.284 e. The second-order valence-electron chi connectivity index (χ2n) is 6.86. The first-order valence-electron chi connectivity index (χ1n) is 8.91. The van der Waals surface area contributed by atoms with Crippen LogP contribution in [-0.4, -0.2) is 38.7 Å². The molecule has 25 heavy (non-hydrogen) atoms. The monoisotopic (exact) mass is 363 g/mol. The highest BCUT2D eigenvalue weighted by molar-refractivity contribution is 7.90. The van der Waals surface area contributed by atoms with Gasteiger partial charge < -0.3 is 10.2 Å². The zero-order valence-electron chi connectivity index (χ0n) is 14.6. The van der Waals surface area contributed by atoms with Gasteiger partial charge in [0, 0.05) is 31.6 Å². The number of benzene rings is 1. The number of rotatable bonds is 4. The summed E-state index contributed by atoms with van der Waals surface area (Å²) in [5.74, 6) is 0.636. The number of amidine groups is 1. The van der Waals surface area contributed by atoms with Crippen LogP contribution >= 0.6 is 0 Å². The number of hydrogen-bond donors (Lipinski definition) is 1. The van der Waals surface area contributed by atoms with Crippen molar-refractivity contribution in [3.63, 3.8) is 0 Å². The van der Waals surface area contributed by atoms with Crippen LogP contribution in [0.5, 0.6) is 0 Å². The highest BCUT2D eigenvalue weighted by Gasteiger charge is 2.25. The number of carbonyl (C=O) groups is 1. The molecule has 0 atom stereocenters. The van der Waals surface area contributed by atoms with E-state index in [0.717, 1.165) is 45.1 Å². The summed E-state index contributed by atoms with van der Waals surface area (Å²) < 4.78 is 29.4. The summed E-state index contributed by atoms with van der Waals surface area (Å²) >= 11 is 0. The Morgan fingerprint density at radius 3 is 2.72 bits per heavy atom. The topological polar surface area (TPSA) is 78.8 Å². The van der Waals surface area contributed by atoms with E-state index in [-0.39, 0.29) is 16.7 Å². The van der Waals surface area contributed by atoms with Crippen LogP contribution in [0.2, 0.25) is 0 Å². The van der Waals surface area contributed by atoms with E-state index in [9.17, 15) is 13.2 Å². The highest BCUT2D eigenvalue weighted by atomic mass is 32.2. The van der Waals surface area contributed by atoms with Gasteiger partial charge in [-0.2, -0.15) is 8.42 Å². The van der Waals surface area contributed by atoms with Crippen LogP contribution in [0.25, 0.3) is 0 Å². The molecule has 7 heteroatoms. The minimum Gasteiger partial charge on any atom is -0.362 e. The van der Waals surface area contributed by atoms with E-state index in [1.165, 1.54) is 12.1 Å². The van der Waals surface area contributed by atoms with Crippen molar-refractivity contribution in [3.05, 3.63) is 24.3 Å². The summed E-state index contributed by atoms with van der Waals surface area (Å²) in [4.78, 5) is 14.1. The third-order valence-corrected chi connectivity index (χ3v) is 6.24. The third-order valence-electron chi connectivity index (χ3n) is 4.94. The molecule has 1 heterocycles. The predicted molar refractivity (Wildman–Crippen MR) is 98.1 cm³/mol. The second-order valence-corrected chi connectivity index (χ2v) is 8.46. The maximum absolute atomic E-state index is 12.7. The molecule has 0 aromatic heterocycles. The van der Waals surface area contributed by atoms with Gasteiger partial charge in [-0.15, -0.1) is 4.40 Å². The van der Waals surface area contributed by atoms with Crippen LogP contribution in [0.4, 0.5) is 5.69 Å². The summed E-state index contributed by atoms with van der Waals surface area (Å²) in [7, 11) is -1.90. The number of carbonyl (C=O) groups excluding carboxylic acids is 1. The van der Waals surface area contributed by atoms with Crippen molar-refractivity contribution in [2.45, 2.75) is 49.8 Å². The molecule has 2 fully saturated rings. The summed E-state index contributed by atoms with van der Waals surface area (Å²) in [6.07, 6.45) is 6.67. The molecular formula is C18H25N3O3S. The maximum atomic E-state index is 12.7. The standard InChI is InChI=1S/C18H25N3O3S/c1-21-12-4-2-3-11-17(21)20-25(23,24)16-10-6-9-15(13-16)19-18(22)14-7-5-8-14/h6,9-10,13-14H,2-5,7-8,11-12H2,1H3,(H,19,22). The van der Waals surface area contributed by atoms with Gasteiger partial charge in [0.15, 0.2) is 0 Å². The van der Waals surface area contributed by atoms with Gasteiger partial charge >= 0.3 is 0 Å². The van der Waals surface area contributed by atoms with Gasteiger partial charge in [0.25, 0.3) is 10.0 Å². The Hall–Kier alpha value is -1.89. The lowest BCUT2D eigenvalue weighted by molar-refractivity contribution is -0.122. The fourth-order valence-corrected chi connectivity index (χ4v) is 4.22. The van der Waals surface area contributed by atoms with Gasteiger partial charge in [0.2, 0.25) is 5.91 Å². The second kappa shape index (κ2) is 7.56. The molecule has 1 aromatic rings. The molecule has 1 aliphatic carbocycles. The molecule has 2 aliphatic rings. The average molecular weight is 363 g/mol. The van der Waals surface area contributed by atoms with Crippen molar-refractivity contribution in [2.24, 2.45) is 10.3 Å². The van der Waals surface area contributed by atoms with E-state index in [1.54, 1.807) is 12.1 Å². The number of anilines is 1. The van der Waals surface area contributed by atoms with Gasteiger partial charge in [-0.25, -0.2) is 0 Å². The molecule has 0 spiro atoms. The average Bonchev–Trinajstić information content (AvgIpc) is 2.70. The van der Waals surface area contributed by atoms with Crippen molar-refractivity contribution in [2.75, 3.05) is 18.9 Å². The Labute approximate surface area is 149 Å². The van der Waals surface area contributed by atoms with Gasteiger partial charge in [0.05, 0.1) is 4.90 Å². The van der Waals surface area contributed by atoms with Crippen LogP contribution in [0.15, 0.2) is 33.6 Å². The van der Waals surface area contributed by atoms with E-state index in [1.807, 2.05) is 11.9 Å². The SMILES string of the molecule is CN1CCCCCC1=NS(=O)(=O)c1cccc(NC(=O)C2CCC2)c1. The normalized spacial score (nSPS) is 20.8. The van der Waals surface area contributed by atoms with Crippen molar-refractivity contribution in [3.8, 4) is 0 Å². The maximum Gasteiger partial charge on any atom is 0.284 e. The summed E-state index contributed by atoms with van der Waals surface area (Å²) in [5.41, 5.74) is 0.507. The summed E-state index contributed by atoms with van der Waals surface area (Å²) in [6.45, 7) is 0.825. The highest BCUT2D eigenvalue weighted by Crippen LogP contribution is 2.28. The zero-order chi connectivity index (χ0) is 17.9.